The van der Waals surface area contributed by atoms with Crippen molar-refractivity contribution in [2.24, 2.45) is 0 Å². The molecule has 0 unspecified atom stereocenters. The van der Waals surface area contributed by atoms with E-state index in [0.717, 1.165) is 18.4 Å². The Morgan fingerprint density at radius 1 is 1.30 bits per heavy atom. The lowest BCUT2D eigenvalue weighted by molar-refractivity contribution is -0.120. The highest BCUT2D eigenvalue weighted by molar-refractivity contribution is 5.96. The van der Waals surface area contributed by atoms with Gasteiger partial charge in [0.05, 0.1) is 0 Å². The number of nitrogens with two attached hydrogens (primary N) is 1. The van der Waals surface area contributed by atoms with Crippen LogP contribution in [0.2, 0.25) is 0 Å². The molecule has 0 aliphatic heterocycles. The molecular weight excluding hydrogens is 348 g/mol. The third-order valence-corrected chi connectivity index (χ3v) is 4.19. The minimum absolute atomic E-state index is 0.0112. The van der Waals surface area contributed by atoms with E-state index in [1.165, 1.54) is 9.47 Å². The van der Waals surface area contributed by atoms with Crippen molar-refractivity contribution < 1.29 is 9.53 Å². The molecule has 0 spiro atoms. The molecule has 2 aromatic rings. The van der Waals surface area contributed by atoms with Gasteiger partial charge in [-0.05, 0) is 38.0 Å². The van der Waals surface area contributed by atoms with Crippen LogP contribution < -0.4 is 26.6 Å². The predicted molar refractivity (Wildman–Crippen MR) is 105 cm³/mol. The first kappa shape index (κ1) is 20.3. The Balaban J connectivity index is 2.29. The Morgan fingerprint density at radius 3 is 2.67 bits per heavy atom. The zero-order valence-corrected chi connectivity index (χ0v) is 15.9. The molecule has 27 heavy (non-hydrogen) atoms. The molecule has 0 saturated carbocycles. The van der Waals surface area contributed by atoms with Crippen LogP contribution in [0, 0.1) is 6.92 Å². The first-order valence-electron chi connectivity index (χ1n) is 9.01. The number of nitrogens with one attached hydrogen (secondary N) is 1. The van der Waals surface area contributed by atoms with E-state index in [2.05, 4.69) is 4.98 Å². The maximum atomic E-state index is 12.7. The minimum Gasteiger partial charge on any atom is -0.484 e. The Morgan fingerprint density at radius 2 is 2.04 bits per heavy atom. The number of nitrogens with zero attached hydrogens (tertiary/aromatic N) is 2. The molecule has 0 radical (unpaired) electrons. The maximum absolute atomic E-state index is 12.7. The summed E-state index contributed by atoms with van der Waals surface area (Å²) in [7, 11) is 0. The molecule has 0 aliphatic rings. The number of nitrogen functional groups attached to an aromatic ring is 1. The highest BCUT2D eigenvalue weighted by atomic mass is 16.5. The summed E-state index contributed by atoms with van der Waals surface area (Å²) in [5, 5.41) is 0. The Labute approximate surface area is 157 Å². The molecule has 146 valence electrons. The number of aromatic nitrogens is 2. The number of carbonyl (C=O) groups excluding carboxylic acids is 1. The molecule has 8 nitrogen and oxygen atoms in total. The number of H-pyrrole nitrogens is 1. The molecular formula is C19H26N4O4. The van der Waals surface area contributed by atoms with Gasteiger partial charge in [0.1, 0.15) is 11.6 Å². The van der Waals surface area contributed by atoms with Crippen molar-refractivity contribution in [2.45, 2.75) is 40.2 Å². The van der Waals surface area contributed by atoms with Gasteiger partial charge in [0.2, 0.25) is 0 Å². The lowest BCUT2D eigenvalue weighted by Crippen LogP contribution is -2.42. The maximum Gasteiger partial charge on any atom is 0.330 e. The standard InChI is InChI=1S/C19H26N4O4/c1-4-6-10-23-17(20)16(18(25)21-19(23)26)22(5-2)15(24)12-27-14-9-7-8-13(3)11-14/h7-9,11H,4-6,10,12,20H2,1-3H3,(H,21,25,26). The van der Waals surface area contributed by atoms with Gasteiger partial charge in [-0.25, -0.2) is 4.79 Å². The second-order valence-electron chi connectivity index (χ2n) is 6.24. The Bertz CT molecular complexity index is 917. The van der Waals surface area contributed by atoms with Gasteiger partial charge in [0.25, 0.3) is 11.5 Å². The van der Waals surface area contributed by atoms with E-state index in [-0.39, 0.29) is 24.7 Å². The summed E-state index contributed by atoms with van der Waals surface area (Å²) >= 11 is 0. The van der Waals surface area contributed by atoms with Gasteiger partial charge in [0.15, 0.2) is 12.3 Å². The number of rotatable bonds is 8. The Kier molecular flexibility index (Phi) is 6.81. The van der Waals surface area contributed by atoms with Crippen LogP contribution >= 0.6 is 0 Å². The first-order valence-corrected chi connectivity index (χ1v) is 9.01. The number of hydrogen-bond donors (Lipinski definition) is 2. The molecule has 8 heteroatoms. The van der Waals surface area contributed by atoms with E-state index >= 15 is 0 Å². The Hall–Kier alpha value is -3.03. The van der Waals surface area contributed by atoms with Crippen LogP contribution in [-0.4, -0.2) is 28.6 Å². The molecule has 1 amide bonds. The van der Waals surface area contributed by atoms with Crippen molar-refractivity contribution in [1.29, 1.82) is 0 Å². The van der Waals surface area contributed by atoms with Crippen molar-refractivity contribution in [3.05, 3.63) is 50.7 Å². The molecule has 0 aliphatic carbocycles. The van der Waals surface area contributed by atoms with E-state index in [9.17, 15) is 14.4 Å². The molecule has 3 N–H and O–H groups in total. The molecule has 0 saturated heterocycles. The van der Waals surface area contributed by atoms with Crippen LogP contribution in [0.4, 0.5) is 11.5 Å². The zero-order chi connectivity index (χ0) is 20.0. The number of benzene rings is 1. The second-order valence-corrected chi connectivity index (χ2v) is 6.24. The number of hydrogen-bond acceptors (Lipinski definition) is 5. The summed E-state index contributed by atoms with van der Waals surface area (Å²) in [6, 6.07) is 7.32. The largest absolute Gasteiger partial charge is 0.484 e. The quantitative estimate of drug-likeness (QED) is 0.730. The molecule has 2 rings (SSSR count). The van der Waals surface area contributed by atoms with Crippen molar-refractivity contribution >= 4 is 17.4 Å². The summed E-state index contributed by atoms with van der Waals surface area (Å²) in [6.45, 7) is 5.98. The van der Waals surface area contributed by atoms with Gasteiger partial charge < -0.3 is 15.4 Å². The fourth-order valence-corrected chi connectivity index (χ4v) is 2.76. The van der Waals surface area contributed by atoms with Gasteiger partial charge in [-0.3, -0.25) is 19.1 Å². The summed E-state index contributed by atoms with van der Waals surface area (Å²) in [6.07, 6.45) is 1.59. The molecule has 1 aromatic heterocycles. The van der Waals surface area contributed by atoms with Gasteiger partial charge in [0, 0.05) is 13.1 Å². The number of amides is 1. The van der Waals surface area contributed by atoms with Gasteiger partial charge in [-0.1, -0.05) is 25.5 Å². The SMILES string of the molecule is CCCCn1c(N)c(N(CC)C(=O)COc2cccc(C)c2)c(=O)[nH]c1=O. The van der Waals surface area contributed by atoms with E-state index in [0.29, 0.717) is 12.3 Å². The average molecular weight is 374 g/mol. The van der Waals surface area contributed by atoms with E-state index in [1.54, 1.807) is 13.0 Å². The van der Waals surface area contributed by atoms with Crippen LogP contribution in [0.3, 0.4) is 0 Å². The van der Waals surface area contributed by atoms with Gasteiger partial charge in [-0.2, -0.15) is 0 Å². The molecule has 0 atom stereocenters. The van der Waals surface area contributed by atoms with Crippen LogP contribution in [0.1, 0.15) is 32.3 Å². The summed E-state index contributed by atoms with van der Waals surface area (Å²) in [5.74, 6) is 0.133. The third kappa shape index (κ3) is 4.78. The lowest BCUT2D eigenvalue weighted by atomic mass is 10.2. The number of anilines is 2. The summed E-state index contributed by atoms with van der Waals surface area (Å²) in [4.78, 5) is 40.5. The van der Waals surface area contributed by atoms with Crippen molar-refractivity contribution in [1.82, 2.24) is 9.55 Å². The number of carbonyl (C=O) groups is 1. The lowest BCUT2D eigenvalue weighted by Gasteiger charge is -2.23. The smallest absolute Gasteiger partial charge is 0.330 e. The average Bonchev–Trinajstić information content (AvgIpc) is 2.63. The van der Waals surface area contributed by atoms with Crippen LogP contribution in [0.5, 0.6) is 5.75 Å². The molecule has 1 aromatic carbocycles. The van der Waals surface area contributed by atoms with Gasteiger partial charge >= 0.3 is 5.69 Å². The molecule has 0 fully saturated rings. The zero-order valence-electron chi connectivity index (χ0n) is 15.9. The number of likely N-dealkylation sites (N-methyl/N-ethyl adjacent to an activating group) is 1. The number of aryl methyl sites for hydroxylation is 1. The van der Waals surface area contributed by atoms with E-state index in [4.69, 9.17) is 10.5 Å². The van der Waals surface area contributed by atoms with Crippen molar-refractivity contribution in [3.8, 4) is 5.75 Å². The second kappa shape index (κ2) is 9.07. The van der Waals surface area contributed by atoms with Crippen LogP contribution in [-0.2, 0) is 11.3 Å². The first-order chi connectivity index (χ1) is 12.9. The van der Waals surface area contributed by atoms with E-state index < -0.39 is 17.2 Å². The van der Waals surface area contributed by atoms with Crippen molar-refractivity contribution in [3.63, 3.8) is 0 Å². The number of unbranched alkanes of at least 4 members (excludes halogenated alkanes) is 1. The fourth-order valence-electron chi connectivity index (χ4n) is 2.76. The molecule has 0 bridgehead atoms. The summed E-state index contributed by atoms with van der Waals surface area (Å²) in [5.41, 5.74) is 5.80. The number of ether oxygens (including phenoxy) is 1. The molecule has 1 heterocycles. The highest BCUT2D eigenvalue weighted by Crippen LogP contribution is 2.18. The topological polar surface area (TPSA) is 110 Å². The van der Waals surface area contributed by atoms with Gasteiger partial charge in [-0.15, -0.1) is 0 Å². The van der Waals surface area contributed by atoms with Crippen LogP contribution in [0.15, 0.2) is 33.9 Å². The third-order valence-electron chi connectivity index (χ3n) is 4.19. The predicted octanol–water partition coefficient (Wildman–Crippen LogP) is 1.66. The minimum atomic E-state index is -0.684. The number of aromatic amines is 1. The van der Waals surface area contributed by atoms with Crippen LogP contribution in [0.25, 0.3) is 0 Å². The van der Waals surface area contributed by atoms with Crippen molar-refractivity contribution in [2.75, 3.05) is 23.8 Å². The normalized spacial score (nSPS) is 10.6. The monoisotopic (exact) mass is 374 g/mol. The highest BCUT2D eigenvalue weighted by Gasteiger charge is 2.23. The fraction of sp³-hybridized carbons (Fsp3) is 0.421. The van der Waals surface area contributed by atoms with E-state index in [1.807, 2.05) is 32.0 Å². The summed E-state index contributed by atoms with van der Waals surface area (Å²) < 4.78 is 6.83.